The molecule has 0 N–H and O–H groups in total. The minimum absolute atomic E-state index is 0.0109. The van der Waals surface area contributed by atoms with Gasteiger partial charge in [0, 0.05) is 41.9 Å². The van der Waals surface area contributed by atoms with E-state index in [1.807, 2.05) is 30.3 Å². The minimum Gasteiger partial charge on any atom is -0.339 e. The molecule has 2 aromatic heterocycles. The molecule has 32 heavy (non-hydrogen) atoms. The molecule has 4 rings (SSSR count). The molecule has 10 heteroatoms. The van der Waals surface area contributed by atoms with Gasteiger partial charge < -0.3 is 4.90 Å². The number of hydrogen-bond acceptors (Lipinski definition) is 7. The monoisotopic (exact) mass is 488 g/mol. The lowest BCUT2D eigenvalue weighted by Crippen LogP contribution is -2.50. The lowest BCUT2D eigenvalue weighted by molar-refractivity contribution is -0.129. The quantitative estimate of drug-likeness (QED) is 0.390. The fourth-order valence-corrected chi connectivity index (χ4v) is 6.68. The SMILES string of the molecule is Cc1sc2ncnc(SCC(=O)N3CCN(S(=O)(=O)C=Cc4ccccc4)CC3)c2c1C. The summed E-state index contributed by atoms with van der Waals surface area (Å²) in [5.41, 5.74) is 1.99. The van der Waals surface area contributed by atoms with Gasteiger partial charge in [0.05, 0.1) is 5.75 Å². The number of aryl methyl sites for hydroxylation is 2. The largest absolute Gasteiger partial charge is 0.339 e. The van der Waals surface area contributed by atoms with Crippen LogP contribution in [0.3, 0.4) is 0 Å². The molecule has 7 nitrogen and oxygen atoms in total. The number of carbonyl (C=O) groups is 1. The standard InChI is InChI=1S/C22H24N4O3S3/c1-16-17(2)31-22-20(16)21(23-15-24-22)30-14-19(27)25-9-11-26(12-10-25)32(28,29)13-8-18-6-4-3-5-7-18/h3-8,13,15H,9-12,14H2,1-2H3. The fraction of sp³-hybridized carbons (Fsp3) is 0.318. The molecule has 0 atom stereocenters. The van der Waals surface area contributed by atoms with E-state index >= 15 is 0 Å². The number of amides is 1. The second-order valence-corrected chi connectivity index (χ2v) is 11.5. The molecule has 1 aliphatic heterocycles. The summed E-state index contributed by atoms with van der Waals surface area (Å²) in [7, 11) is -3.52. The molecule has 1 aromatic carbocycles. The maximum Gasteiger partial charge on any atom is 0.236 e. The van der Waals surface area contributed by atoms with Crippen LogP contribution < -0.4 is 0 Å². The van der Waals surface area contributed by atoms with Gasteiger partial charge >= 0.3 is 0 Å². The second-order valence-electron chi connectivity index (χ2n) is 7.47. The molecule has 3 heterocycles. The summed E-state index contributed by atoms with van der Waals surface area (Å²) in [6.45, 7) is 5.46. The Morgan fingerprint density at radius 2 is 1.84 bits per heavy atom. The van der Waals surface area contributed by atoms with E-state index in [4.69, 9.17) is 0 Å². The molecular weight excluding hydrogens is 464 g/mol. The Bertz CT molecular complexity index is 1250. The average molecular weight is 489 g/mol. The van der Waals surface area contributed by atoms with E-state index in [0.717, 1.165) is 26.4 Å². The van der Waals surface area contributed by atoms with E-state index in [1.165, 1.54) is 32.7 Å². The van der Waals surface area contributed by atoms with Crippen molar-refractivity contribution in [1.29, 1.82) is 0 Å². The first-order valence-corrected chi connectivity index (χ1v) is 13.5. The fourth-order valence-electron chi connectivity index (χ4n) is 3.49. The molecule has 0 radical (unpaired) electrons. The summed E-state index contributed by atoms with van der Waals surface area (Å²) in [4.78, 5) is 25.3. The zero-order valence-corrected chi connectivity index (χ0v) is 20.3. The summed E-state index contributed by atoms with van der Waals surface area (Å²) in [6.07, 6.45) is 3.14. The van der Waals surface area contributed by atoms with Crippen molar-refractivity contribution in [2.24, 2.45) is 0 Å². The number of sulfonamides is 1. The number of thiophene rings is 1. The number of carbonyl (C=O) groups excluding carboxylic acids is 1. The maximum atomic E-state index is 12.7. The summed E-state index contributed by atoms with van der Waals surface area (Å²) < 4.78 is 26.7. The van der Waals surface area contributed by atoms with Gasteiger partial charge in [-0.1, -0.05) is 42.1 Å². The number of aromatic nitrogens is 2. The van der Waals surface area contributed by atoms with E-state index < -0.39 is 10.0 Å². The van der Waals surface area contributed by atoms with Crippen LogP contribution in [0.15, 0.2) is 47.1 Å². The average Bonchev–Trinajstić information content (AvgIpc) is 3.11. The molecule has 0 spiro atoms. The predicted molar refractivity (Wildman–Crippen MR) is 130 cm³/mol. The van der Waals surface area contributed by atoms with Gasteiger partial charge in [0.1, 0.15) is 16.2 Å². The number of fused-ring (bicyclic) bond motifs is 1. The number of nitrogens with zero attached hydrogens (tertiary/aromatic N) is 4. The number of thioether (sulfide) groups is 1. The minimum atomic E-state index is -3.52. The van der Waals surface area contributed by atoms with Crippen molar-refractivity contribution in [2.45, 2.75) is 18.9 Å². The molecule has 0 unspecified atom stereocenters. The molecule has 3 aromatic rings. The normalized spacial score (nSPS) is 15.6. The van der Waals surface area contributed by atoms with Crippen molar-refractivity contribution in [3.05, 3.63) is 58.1 Å². The van der Waals surface area contributed by atoms with Crippen molar-refractivity contribution in [3.63, 3.8) is 0 Å². The van der Waals surface area contributed by atoms with Crippen LogP contribution in [0.4, 0.5) is 0 Å². The van der Waals surface area contributed by atoms with E-state index in [-0.39, 0.29) is 11.7 Å². The van der Waals surface area contributed by atoms with Gasteiger partial charge in [-0.25, -0.2) is 18.4 Å². The summed E-state index contributed by atoms with van der Waals surface area (Å²) in [5, 5.41) is 3.08. The van der Waals surface area contributed by atoms with Crippen LogP contribution in [-0.2, 0) is 14.8 Å². The zero-order valence-electron chi connectivity index (χ0n) is 17.9. The number of rotatable bonds is 6. The summed E-state index contributed by atoms with van der Waals surface area (Å²) in [6, 6.07) is 9.32. The number of hydrogen-bond donors (Lipinski definition) is 0. The maximum absolute atomic E-state index is 12.7. The summed E-state index contributed by atoms with van der Waals surface area (Å²) >= 11 is 3.05. The highest BCUT2D eigenvalue weighted by atomic mass is 32.2. The highest BCUT2D eigenvalue weighted by Crippen LogP contribution is 2.34. The van der Waals surface area contributed by atoms with E-state index in [0.29, 0.717) is 26.2 Å². The highest BCUT2D eigenvalue weighted by Gasteiger charge is 2.27. The first-order chi connectivity index (χ1) is 15.3. The van der Waals surface area contributed by atoms with Crippen LogP contribution in [0.2, 0.25) is 0 Å². The van der Waals surface area contributed by atoms with Gasteiger partial charge in [0.25, 0.3) is 0 Å². The van der Waals surface area contributed by atoms with Crippen molar-refractivity contribution in [2.75, 3.05) is 31.9 Å². The Hall–Kier alpha value is -2.27. The third-order valence-electron chi connectivity index (χ3n) is 5.45. The zero-order chi connectivity index (χ0) is 22.7. The third kappa shape index (κ3) is 5.03. The van der Waals surface area contributed by atoms with Crippen LogP contribution in [0.25, 0.3) is 16.3 Å². The smallest absolute Gasteiger partial charge is 0.236 e. The van der Waals surface area contributed by atoms with Gasteiger partial charge in [-0.2, -0.15) is 4.31 Å². The third-order valence-corrected chi connectivity index (χ3v) is 9.10. The van der Waals surface area contributed by atoms with Crippen molar-refractivity contribution >= 4 is 55.3 Å². The van der Waals surface area contributed by atoms with Gasteiger partial charge in [0.2, 0.25) is 15.9 Å². The molecule has 1 saturated heterocycles. The lowest BCUT2D eigenvalue weighted by atomic mass is 10.2. The Morgan fingerprint density at radius 1 is 1.12 bits per heavy atom. The molecular formula is C22H24N4O3S3. The second kappa shape index (κ2) is 9.70. The molecule has 1 amide bonds. The number of benzene rings is 1. The van der Waals surface area contributed by atoms with Crippen LogP contribution in [0.1, 0.15) is 16.0 Å². The topological polar surface area (TPSA) is 83.5 Å². The first kappa shape index (κ1) is 22.9. The molecule has 1 fully saturated rings. The predicted octanol–water partition coefficient (Wildman–Crippen LogP) is 3.55. The van der Waals surface area contributed by atoms with Crippen LogP contribution in [0.5, 0.6) is 0 Å². The molecule has 168 valence electrons. The Balaban J connectivity index is 1.33. The van der Waals surface area contributed by atoms with Crippen molar-refractivity contribution < 1.29 is 13.2 Å². The van der Waals surface area contributed by atoms with Gasteiger partial charge in [-0.3, -0.25) is 4.79 Å². The lowest BCUT2D eigenvalue weighted by Gasteiger charge is -2.33. The molecule has 0 saturated carbocycles. The van der Waals surface area contributed by atoms with Gasteiger partial charge in [0.15, 0.2) is 0 Å². The van der Waals surface area contributed by atoms with Crippen LogP contribution in [-0.4, -0.2) is 65.4 Å². The Morgan fingerprint density at radius 3 is 2.56 bits per heavy atom. The summed E-state index contributed by atoms with van der Waals surface area (Å²) in [5.74, 6) is 0.254. The molecule has 0 aliphatic carbocycles. The van der Waals surface area contributed by atoms with Crippen LogP contribution >= 0.6 is 23.1 Å². The Labute approximate surface area is 196 Å². The number of piperazine rings is 1. The Kier molecular flexibility index (Phi) is 6.94. The van der Waals surface area contributed by atoms with Crippen LogP contribution in [0, 0.1) is 13.8 Å². The van der Waals surface area contributed by atoms with E-state index in [1.54, 1.807) is 22.3 Å². The molecule has 1 aliphatic rings. The van der Waals surface area contributed by atoms with Gasteiger partial charge in [-0.05, 0) is 31.1 Å². The van der Waals surface area contributed by atoms with E-state index in [2.05, 4.69) is 23.8 Å². The molecule has 0 bridgehead atoms. The van der Waals surface area contributed by atoms with Gasteiger partial charge in [-0.15, -0.1) is 11.3 Å². The first-order valence-electron chi connectivity index (χ1n) is 10.2. The van der Waals surface area contributed by atoms with E-state index in [9.17, 15) is 13.2 Å². The highest BCUT2D eigenvalue weighted by molar-refractivity contribution is 8.00. The van der Waals surface area contributed by atoms with Crippen molar-refractivity contribution in [1.82, 2.24) is 19.2 Å². The van der Waals surface area contributed by atoms with Crippen molar-refractivity contribution in [3.8, 4) is 0 Å².